The number of nitrogens with one attached hydrogen (secondary N) is 2. The van der Waals surface area contributed by atoms with E-state index in [1.807, 2.05) is 6.92 Å². The lowest BCUT2D eigenvalue weighted by Crippen LogP contribution is -2.39. The minimum Gasteiger partial charge on any atom is -0.469 e. The van der Waals surface area contributed by atoms with Gasteiger partial charge in [-0.25, -0.2) is 0 Å². The fourth-order valence-electron chi connectivity index (χ4n) is 1.38. The van der Waals surface area contributed by atoms with Crippen molar-refractivity contribution >= 4 is 35.9 Å². The van der Waals surface area contributed by atoms with E-state index in [4.69, 9.17) is 0 Å². The van der Waals surface area contributed by atoms with Gasteiger partial charge in [0.25, 0.3) is 0 Å². The number of esters is 1. The summed E-state index contributed by atoms with van der Waals surface area (Å²) in [4.78, 5) is 15.2. The molecule has 0 aromatic heterocycles. The molecular weight excluding hydrogens is 333 g/mol. The zero-order valence-corrected chi connectivity index (χ0v) is 13.0. The normalized spacial score (nSPS) is 22.4. The second kappa shape index (κ2) is 8.54. The van der Waals surface area contributed by atoms with Crippen molar-refractivity contribution in [2.24, 2.45) is 10.9 Å². The topological polar surface area (TPSA) is 62.7 Å². The highest BCUT2D eigenvalue weighted by Crippen LogP contribution is 2.28. The molecule has 1 fully saturated rings. The molecule has 100 valence electrons. The summed E-state index contributed by atoms with van der Waals surface area (Å²) in [6.45, 7) is 5.51. The van der Waals surface area contributed by atoms with Crippen LogP contribution in [0.5, 0.6) is 0 Å². The highest BCUT2D eigenvalue weighted by atomic mass is 127. The second-order valence-electron chi connectivity index (χ2n) is 4.05. The van der Waals surface area contributed by atoms with Crippen molar-refractivity contribution in [2.75, 3.05) is 20.2 Å². The van der Waals surface area contributed by atoms with Gasteiger partial charge in [0, 0.05) is 12.6 Å². The first kappa shape index (κ1) is 16.5. The van der Waals surface area contributed by atoms with Gasteiger partial charge in [-0.3, -0.25) is 9.79 Å². The van der Waals surface area contributed by atoms with Gasteiger partial charge in [0.2, 0.25) is 0 Å². The van der Waals surface area contributed by atoms with Crippen molar-refractivity contribution in [2.45, 2.75) is 32.7 Å². The zero-order chi connectivity index (χ0) is 12.0. The minimum atomic E-state index is -0.223. The average molecular weight is 355 g/mol. The number of nitrogens with zero attached hydrogens (tertiary/aromatic N) is 1. The molecule has 1 saturated carbocycles. The lowest BCUT2D eigenvalue weighted by Gasteiger charge is -2.10. The van der Waals surface area contributed by atoms with Crippen LogP contribution in [0.3, 0.4) is 0 Å². The highest BCUT2D eigenvalue weighted by Gasteiger charge is 2.33. The Bertz CT molecular complexity index is 271. The first-order valence-corrected chi connectivity index (χ1v) is 5.79. The maximum absolute atomic E-state index is 10.9. The molecule has 0 radical (unpaired) electrons. The number of methoxy groups -OCH3 is 1. The molecular formula is C11H22IN3O2. The summed E-state index contributed by atoms with van der Waals surface area (Å²) in [5.41, 5.74) is 0. The van der Waals surface area contributed by atoms with Crippen molar-refractivity contribution < 1.29 is 9.53 Å². The van der Waals surface area contributed by atoms with Gasteiger partial charge in [0.15, 0.2) is 5.96 Å². The molecule has 0 aromatic rings. The number of hydrogen-bond acceptors (Lipinski definition) is 3. The van der Waals surface area contributed by atoms with E-state index >= 15 is 0 Å². The van der Waals surface area contributed by atoms with Gasteiger partial charge in [0.1, 0.15) is 0 Å². The maximum atomic E-state index is 10.9. The van der Waals surface area contributed by atoms with Gasteiger partial charge in [0.05, 0.1) is 20.1 Å². The fourth-order valence-corrected chi connectivity index (χ4v) is 1.38. The smallest absolute Gasteiger partial charge is 0.307 e. The Balaban J connectivity index is 0.00000256. The summed E-state index contributed by atoms with van der Waals surface area (Å²) < 4.78 is 4.55. The van der Waals surface area contributed by atoms with Crippen LogP contribution in [0.25, 0.3) is 0 Å². The molecule has 6 heteroatoms. The Kier molecular flexibility index (Phi) is 8.28. The number of ether oxygens (including phenoxy) is 1. The molecule has 1 aliphatic rings. The van der Waals surface area contributed by atoms with Crippen molar-refractivity contribution in [1.29, 1.82) is 0 Å². The summed E-state index contributed by atoms with van der Waals surface area (Å²) in [6, 6.07) is 0.538. The Morgan fingerprint density at radius 1 is 1.53 bits per heavy atom. The number of carbonyl (C=O) groups excluding carboxylic acids is 1. The molecule has 0 amide bonds. The van der Waals surface area contributed by atoms with Crippen LogP contribution in [0, 0.1) is 5.92 Å². The summed E-state index contributed by atoms with van der Waals surface area (Å²) in [7, 11) is 1.39. The molecule has 0 bridgehead atoms. The summed E-state index contributed by atoms with van der Waals surface area (Å²) in [6.07, 6.45) is 1.52. The number of halogens is 1. The number of rotatable bonds is 5. The highest BCUT2D eigenvalue weighted by molar-refractivity contribution is 14.0. The SMILES string of the molecule is CCNC(=NCCC(=O)OC)NC1CC1C.I. The third kappa shape index (κ3) is 6.70. The van der Waals surface area contributed by atoms with Crippen molar-refractivity contribution in [3.05, 3.63) is 0 Å². The third-order valence-electron chi connectivity index (χ3n) is 2.59. The number of hydrogen-bond donors (Lipinski definition) is 2. The molecule has 1 aliphatic carbocycles. The van der Waals surface area contributed by atoms with Crippen LogP contribution in [0.4, 0.5) is 0 Å². The number of aliphatic imine (C=N–C) groups is 1. The number of carbonyl (C=O) groups is 1. The molecule has 5 nitrogen and oxygen atoms in total. The molecule has 0 aliphatic heterocycles. The summed E-state index contributed by atoms with van der Waals surface area (Å²) in [5.74, 6) is 1.30. The number of guanidine groups is 1. The van der Waals surface area contributed by atoms with Gasteiger partial charge in [-0.05, 0) is 19.3 Å². The van der Waals surface area contributed by atoms with Crippen LogP contribution >= 0.6 is 24.0 Å². The minimum absolute atomic E-state index is 0. The zero-order valence-electron chi connectivity index (χ0n) is 10.7. The molecule has 2 atom stereocenters. The van der Waals surface area contributed by atoms with Crippen LogP contribution in [0.2, 0.25) is 0 Å². The Hall–Kier alpha value is -0.530. The largest absolute Gasteiger partial charge is 0.469 e. The monoisotopic (exact) mass is 355 g/mol. The average Bonchev–Trinajstić information content (AvgIpc) is 2.94. The summed E-state index contributed by atoms with van der Waals surface area (Å²) >= 11 is 0. The quantitative estimate of drug-likeness (QED) is 0.336. The fraction of sp³-hybridized carbons (Fsp3) is 0.818. The summed E-state index contributed by atoms with van der Waals surface area (Å²) in [5, 5.41) is 6.47. The standard InChI is InChI=1S/C11H21N3O2.HI/c1-4-12-11(14-9-7-8(9)2)13-6-5-10(15)16-3;/h8-9H,4-7H2,1-3H3,(H2,12,13,14);1H. The molecule has 1 rings (SSSR count). The van der Waals surface area contributed by atoms with Crippen molar-refractivity contribution in [1.82, 2.24) is 10.6 Å². The predicted octanol–water partition coefficient (Wildman–Crippen LogP) is 1.13. The molecule has 0 spiro atoms. The van der Waals surface area contributed by atoms with E-state index in [0.717, 1.165) is 18.4 Å². The molecule has 17 heavy (non-hydrogen) atoms. The van der Waals surface area contributed by atoms with Crippen LogP contribution < -0.4 is 10.6 Å². The van der Waals surface area contributed by atoms with Crippen LogP contribution in [0.1, 0.15) is 26.7 Å². The van der Waals surface area contributed by atoms with Crippen LogP contribution in [-0.4, -0.2) is 38.2 Å². The molecule has 0 heterocycles. The lowest BCUT2D eigenvalue weighted by molar-refractivity contribution is -0.140. The molecule has 0 saturated heterocycles. The van der Waals surface area contributed by atoms with Gasteiger partial charge in [-0.1, -0.05) is 6.92 Å². The van der Waals surface area contributed by atoms with Crippen LogP contribution in [-0.2, 0) is 9.53 Å². The van der Waals surface area contributed by atoms with E-state index in [-0.39, 0.29) is 29.9 Å². The van der Waals surface area contributed by atoms with E-state index in [9.17, 15) is 4.79 Å². The van der Waals surface area contributed by atoms with Gasteiger partial charge in [-0.2, -0.15) is 0 Å². The van der Waals surface area contributed by atoms with Crippen molar-refractivity contribution in [3.8, 4) is 0 Å². The molecule has 2 N–H and O–H groups in total. The van der Waals surface area contributed by atoms with Crippen molar-refractivity contribution in [3.63, 3.8) is 0 Å². The van der Waals surface area contributed by atoms with Gasteiger partial charge < -0.3 is 15.4 Å². The van der Waals surface area contributed by atoms with E-state index in [2.05, 4.69) is 27.3 Å². The van der Waals surface area contributed by atoms with E-state index in [0.29, 0.717) is 19.0 Å². The van der Waals surface area contributed by atoms with Crippen LogP contribution in [0.15, 0.2) is 4.99 Å². The Labute approximate surface area is 120 Å². The van der Waals surface area contributed by atoms with E-state index < -0.39 is 0 Å². The van der Waals surface area contributed by atoms with E-state index in [1.165, 1.54) is 13.5 Å². The lowest BCUT2D eigenvalue weighted by atomic mass is 10.4. The Morgan fingerprint density at radius 2 is 2.18 bits per heavy atom. The maximum Gasteiger partial charge on any atom is 0.307 e. The first-order chi connectivity index (χ1) is 7.67. The molecule has 2 unspecified atom stereocenters. The molecule has 0 aromatic carbocycles. The first-order valence-electron chi connectivity index (χ1n) is 5.79. The predicted molar refractivity (Wildman–Crippen MR) is 78.7 cm³/mol. The Morgan fingerprint density at radius 3 is 2.65 bits per heavy atom. The van der Waals surface area contributed by atoms with E-state index in [1.54, 1.807) is 0 Å². The van der Waals surface area contributed by atoms with Gasteiger partial charge in [-0.15, -0.1) is 24.0 Å². The third-order valence-corrected chi connectivity index (χ3v) is 2.59. The second-order valence-corrected chi connectivity index (χ2v) is 4.05. The van der Waals surface area contributed by atoms with Gasteiger partial charge >= 0.3 is 5.97 Å².